The van der Waals surface area contributed by atoms with Crippen LogP contribution in [0.4, 0.5) is 5.69 Å². The minimum absolute atomic E-state index is 0.912. The zero-order chi connectivity index (χ0) is 9.68. The molecule has 0 aliphatic heterocycles. The van der Waals surface area contributed by atoms with E-state index in [9.17, 15) is 0 Å². The summed E-state index contributed by atoms with van der Waals surface area (Å²) in [5, 5.41) is 0. The van der Waals surface area contributed by atoms with E-state index in [1.165, 1.54) is 0 Å². The summed E-state index contributed by atoms with van der Waals surface area (Å²) in [6.45, 7) is 10.7. The first-order valence-corrected chi connectivity index (χ1v) is 4.43. The van der Waals surface area contributed by atoms with E-state index in [2.05, 4.69) is 37.1 Å². The van der Waals surface area contributed by atoms with E-state index in [-0.39, 0.29) is 0 Å². The summed E-state index contributed by atoms with van der Waals surface area (Å²) in [7, 11) is 0. The molecule has 0 amide bonds. The molecule has 0 aliphatic rings. The van der Waals surface area contributed by atoms with Crippen molar-refractivity contribution in [1.82, 2.24) is 0 Å². The van der Waals surface area contributed by atoms with Crippen LogP contribution in [0.3, 0.4) is 0 Å². The Labute approximate surface area is 80.0 Å². The number of nitrogens with zero attached hydrogens (tertiary/aromatic N) is 1. The Hall–Kier alpha value is -1.50. The third-order valence-corrected chi connectivity index (χ3v) is 1.97. The second-order valence-corrected chi connectivity index (χ2v) is 2.78. The van der Waals surface area contributed by atoms with E-state index in [1.807, 2.05) is 18.2 Å². The zero-order valence-electron chi connectivity index (χ0n) is 8.03. The van der Waals surface area contributed by atoms with Crippen molar-refractivity contribution >= 4 is 5.69 Å². The van der Waals surface area contributed by atoms with Gasteiger partial charge in [0, 0.05) is 17.9 Å². The average molecular weight is 173 g/mol. The van der Waals surface area contributed by atoms with Crippen LogP contribution in [0.2, 0.25) is 0 Å². The van der Waals surface area contributed by atoms with Gasteiger partial charge in [-0.25, -0.2) is 0 Å². The van der Waals surface area contributed by atoms with Crippen molar-refractivity contribution in [2.24, 2.45) is 0 Å². The molecule has 1 heteroatoms. The summed E-state index contributed by atoms with van der Waals surface area (Å²) in [5.74, 6) is 0. The molecule has 1 aromatic carbocycles. The van der Waals surface area contributed by atoms with Gasteiger partial charge in [0.25, 0.3) is 0 Å². The van der Waals surface area contributed by atoms with E-state index in [1.54, 1.807) is 6.08 Å². The Balaban J connectivity index is 2.91. The van der Waals surface area contributed by atoms with Gasteiger partial charge in [-0.2, -0.15) is 0 Å². The van der Waals surface area contributed by atoms with Crippen molar-refractivity contribution in [2.75, 3.05) is 11.4 Å². The van der Waals surface area contributed by atoms with Crippen LogP contribution in [0.25, 0.3) is 0 Å². The van der Waals surface area contributed by atoms with Crippen LogP contribution in [0, 0.1) is 0 Å². The lowest BCUT2D eigenvalue weighted by molar-refractivity contribution is 0.983. The first-order chi connectivity index (χ1) is 6.29. The molecule has 68 valence electrons. The summed E-state index contributed by atoms with van der Waals surface area (Å²) in [5.41, 5.74) is 2.10. The van der Waals surface area contributed by atoms with Crippen molar-refractivity contribution < 1.29 is 0 Å². The highest BCUT2D eigenvalue weighted by atomic mass is 15.1. The highest BCUT2D eigenvalue weighted by molar-refractivity contribution is 5.53. The Morgan fingerprint density at radius 1 is 1.38 bits per heavy atom. The van der Waals surface area contributed by atoms with Gasteiger partial charge in [-0.3, -0.25) is 0 Å². The van der Waals surface area contributed by atoms with Crippen molar-refractivity contribution in [3.63, 3.8) is 0 Å². The van der Waals surface area contributed by atoms with Gasteiger partial charge in [0.05, 0.1) is 0 Å². The Kier molecular flexibility index (Phi) is 3.32. The molecule has 0 fully saturated rings. The van der Waals surface area contributed by atoms with Crippen LogP contribution in [0.5, 0.6) is 0 Å². The van der Waals surface area contributed by atoms with E-state index in [4.69, 9.17) is 0 Å². The lowest BCUT2D eigenvalue weighted by Crippen LogP contribution is -2.19. The topological polar surface area (TPSA) is 3.24 Å². The molecule has 13 heavy (non-hydrogen) atoms. The first-order valence-electron chi connectivity index (χ1n) is 4.43. The largest absolute Gasteiger partial charge is 0.342 e. The third-order valence-electron chi connectivity index (χ3n) is 1.97. The molecule has 1 nitrogen and oxygen atoms in total. The summed E-state index contributed by atoms with van der Waals surface area (Å²) in [6.07, 6.45) is 1.77. The number of allylic oxidation sites excluding steroid dienone is 1. The molecule has 0 aliphatic carbocycles. The monoisotopic (exact) mass is 173 g/mol. The average Bonchev–Trinajstić information content (AvgIpc) is 2.20. The molecule has 1 rings (SSSR count). The molecule has 0 saturated carbocycles. The number of para-hydroxylation sites is 1. The summed E-state index contributed by atoms with van der Waals surface area (Å²) < 4.78 is 0. The normalized spacial score (nSPS) is 9.31. The van der Waals surface area contributed by atoms with E-state index >= 15 is 0 Å². The Morgan fingerprint density at radius 2 is 2.00 bits per heavy atom. The molecule has 0 N–H and O–H groups in total. The van der Waals surface area contributed by atoms with E-state index < -0.39 is 0 Å². The highest BCUT2D eigenvalue weighted by Gasteiger charge is 2.03. The second-order valence-electron chi connectivity index (χ2n) is 2.78. The predicted octanol–water partition coefficient (Wildman–Crippen LogP) is 3.21. The Morgan fingerprint density at radius 3 is 2.46 bits per heavy atom. The standard InChI is InChI=1S/C12H15N/c1-4-11(3)13(5-2)12-9-7-6-8-10-12/h4,6-10H,1,3,5H2,2H3. The maximum Gasteiger partial charge on any atom is 0.0410 e. The molecule has 1 aromatic rings. The SMILES string of the molecule is C=CC(=C)N(CC)c1ccccc1. The maximum atomic E-state index is 3.93. The first kappa shape index (κ1) is 9.59. The molecular formula is C12H15N. The van der Waals surface area contributed by atoms with Crippen molar-refractivity contribution in [1.29, 1.82) is 0 Å². The van der Waals surface area contributed by atoms with Crippen LogP contribution in [-0.2, 0) is 0 Å². The van der Waals surface area contributed by atoms with Gasteiger partial charge in [-0.05, 0) is 25.1 Å². The van der Waals surface area contributed by atoms with Crippen LogP contribution in [0.1, 0.15) is 6.92 Å². The lowest BCUT2D eigenvalue weighted by atomic mass is 10.2. The van der Waals surface area contributed by atoms with Gasteiger partial charge >= 0.3 is 0 Å². The number of hydrogen-bond acceptors (Lipinski definition) is 1. The van der Waals surface area contributed by atoms with Gasteiger partial charge in [-0.1, -0.05) is 31.4 Å². The second kappa shape index (κ2) is 4.51. The highest BCUT2D eigenvalue weighted by Crippen LogP contribution is 2.17. The number of likely N-dealkylation sites (N-methyl/N-ethyl adjacent to an activating group) is 1. The van der Waals surface area contributed by atoms with Gasteiger partial charge in [0.15, 0.2) is 0 Å². The molecule has 0 saturated heterocycles. The lowest BCUT2D eigenvalue weighted by Gasteiger charge is -2.22. The van der Waals surface area contributed by atoms with Crippen molar-refractivity contribution in [3.8, 4) is 0 Å². The fraction of sp³-hybridized carbons (Fsp3) is 0.167. The van der Waals surface area contributed by atoms with Gasteiger partial charge in [-0.15, -0.1) is 0 Å². The van der Waals surface area contributed by atoms with Crippen LogP contribution >= 0.6 is 0 Å². The molecule has 0 aromatic heterocycles. The fourth-order valence-electron chi connectivity index (χ4n) is 1.27. The van der Waals surface area contributed by atoms with Crippen molar-refractivity contribution in [3.05, 3.63) is 55.3 Å². The minimum atomic E-state index is 0.912. The van der Waals surface area contributed by atoms with Crippen LogP contribution in [0.15, 0.2) is 55.3 Å². The molecular weight excluding hydrogens is 158 g/mol. The smallest absolute Gasteiger partial charge is 0.0410 e. The molecule has 0 radical (unpaired) electrons. The van der Waals surface area contributed by atoms with Crippen LogP contribution in [-0.4, -0.2) is 6.54 Å². The number of rotatable bonds is 4. The van der Waals surface area contributed by atoms with Gasteiger partial charge in [0.2, 0.25) is 0 Å². The summed E-state index contributed by atoms with van der Waals surface area (Å²) >= 11 is 0. The number of anilines is 1. The molecule has 0 bridgehead atoms. The zero-order valence-corrected chi connectivity index (χ0v) is 8.03. The predicted molar refractivity (Wildman–Crippen MR) is 58.8 cm³/mol. The van der Waals surface area contributed by atoms with Gasteiger partial charge in [0.1, 0.15) is 0 Å². The number of benzene rings is 1. The molecule has 0 unspecified atom stereocenters. The third kappa shape index (κ3) is 2.22. The maximum absolute atomic E-state index is 3.93. The Bertz CT molecular complexity index is 287. The van der Waals surface area contributed by atoms with E-state index in [0.717, 1.165) is 17.9 Å². The minimum Gasteiger partial charge on any atom is -0.342 e. The van der Waals surface area contributed by atoms with Gasteiger partial charge < -0.3 is 4.90 Å². The van der Waals surface area contributed by atoms with Crippen molar-refractivity contribution in [2.45, 2.75) is 6.92 Å². The summed E-state index contributed by atoms with van der Waals surface area (Å²) in [6, 6.07) is 10.2. The quantitative estimate of drug-likeness (QED) is 0.632. The summed E-state index contributed by atoms with van der Waals surface area (Å²) in [4.78, 5) is 2.12. The van der Waals surface area contributed by atoms with E-state index in [0.29, 0.717) is 0 Å². The fourth-order valence-corrected chi connectivity index (χ4v) is 1.27. The molecule has 0 heterocycles. The molecule has 0 spiro atoms. The van der Waals surface area contributed by atoms with Crippen LogP contribution < -0.4 is 4.90 Å². The number of hydrogen-bond donors (Lipinski definition) is 0. The molecule has 0 atom stereocenters.